The molecule has 2 aromatic heterocycles. The molecule has 3 rings (SSSR count). The second kappa shape index (κ2) is 5.75. The normalized spacial score (nSPS) is 23.1. The molecule has 2 heterocycles. The van der Waals surface area contributed by atoms with Crippen molar-refractivity contribution in [3.05, 3.63) is 18.2 Å². The zero-order valence-corrected chi connectivity index (χ0v) is 12.0. The van der Waals surface area contributed by atoms with E-state index in [4.69, 9.17) is 4.52 Å². The summed E-state index contributed by atoms with van der Waals surface area (Å²) >= 11 is 0. The molecule has 2 unspecified atom stereocenters. The molecule has 2 atom stereocenters. The van der Waals surface area contributed by atoms with Crippen molar-refractivity contribution in [1.82, 2.24) is 25.2 Å². The molecule has 6 heteroatoms. The second-order valence-electron chi connectivity index (χ2n) is 5.39. The average molecular weight is 275 g/mol. The molecule has 0 spiro atoms. The number of aromatic nitrogens is 4. The number of hydrogen-bond acceptors (Lipinski definition) is 5. The van der Waals surface area contributed by atoms with E-state index in [1.54, 1.807) is 4.68 Å². The van der Waals surface area contributed by atoms with Crippen LogP contribution in [0.2, 0.25) is 0 Å². The van der Waals surface area contributed by atoms with Crippen LogP contribution < -0.4 is 5.32 Å². The molecule has 0 radical (unpaired) electrons. The molecule has 1 N–H and O–H groups in total. The lowest BCUT2D eigenvalue weighted by molar-refractivity contribution is 0.265. The van der Waals surface area contributed by atoms with Crippen LogP contribution in [0.1, 0.15) is 44.4 Å². The van der Waals surface area contributed by atoms with E-state index in [1.807, 2.05) is 19.3 Å². The van der Waals surface area contributed by atoms with Gasteiger partial charge in [0.2, 0.25) is 11.7 Å². The summed E-state index contributed by atoms with van der Waals surface area (Å²) in [6, 6.07) is 2.35. The maximum atomic E-state index is 5.49. The van der Waals surface area contributed by atoms with Gasteiger partial charge in [-0.15, -0.1) is 0 Å². The molecule has 108 valence electrons. The van der Waals surface area contributed by atoms with Gasteiger partial charge in [-0.05, 0) is 25.5 Å². The summed E-state index contributed by atoms with van der Waals surface area (Å²) in [6.45, 7) is 3.11. The molecule has 0 aliphatic heterocycles. The Morgan fingerprint density at radius 1 is 1.40 bits per heavy atom. The fourth-order valence-corrected chi connectivity index (χ4v) is 2.96. The van der Waals surface area contributed by atoms with Gasteiger partial charge in [0.1, 0.15) is 5.69 Å². The van der Waals surface area contributed by atoms with Gasteiger partial charge in [0.15, 0.2) is 0 Å². The number of nitrogens with zero attached hydrogens (tertiary/aromatic N) is 4. The lowest BCUT2D eigenvalue weighted by Gasteiger charge is -2.29. The monoisotopic (exact) mass is 275 g/mol. The van der Waals surface area contributed by atoms with Gasteiger partial charge in [0.25, 0.3) is 0 Å². The quantitative estimate of drug-likeness (QED) is 0.925. The minimum Gasteiger partial charge on any atom is -0.339 e. The standard InChI is InChI=1S/C14H21N5O/c1-3-15-11-7-5-4-6-10(11)14-16-13(18-20-14)12-8-9-19(2)17-12/h8-11,15H,3-7H2,1-2H3. The topological polar surface area (TPSA) is 68.8 Å². The summed E-state index contributed by atoms with van der Waals surface area (Å²) in [4.78, 5) is 4.56. The van der Waals surface area contributed by atoms with Crippen LogP contribution in [0.3, 0.4) is 0 Å². The Balaban J connectivity index is 1.81. The maximum absolute atomic E-state index is 5.49. The van der Waals surface area contributed by atoms with Crippen LogP contribution in [-0.2, 0) is 7.05 Å². The molecule has 0 saturated heterocycles. The average Bonchev–Trinajstić information content (AvgIpc) is 3.08. The van der Waals surface area contributed by atoms with E-state index >= 15 is 0 Å². The van der Waals surface area contributed by atoms with Crippen molar-refractivity contribution in [3.8, 4) is 11.5 Å². The van der Waals surface area contributed by atoms with E-state index in [1.165, 1.54) is 19.3 Å². The Labute approximate surface area is 118 Å². The van der Waals surface area contributed by atoms with Crippen LogP contribution in [0.25, 0.3) is 11.5 Å². The molecule has 20 heavy (non-hydrogen) atoms. The summed E-state index contributed by atoms with van der Waals surface area (Å²) in [5, 5.41) is 11.9. The van der Waals surface area contributed by atoms with Crippen LogP contribution in [0.15, 0.2) is 16.8 Å². The van der Waals surface area contributed by atoms with Crippen LogP contribution >= 0.6 is 0 Å². The summed E-state index contributed by atoms with van der Waals surface area (Å²) in [6.07, 6.45) is 6.68. The summed E-state index contributed by atoms with van der Waals surface area (Å²) in [7, 11) is 1.88. The third-order valence-electron chi connectivity index (χ3n) is 3.93. The molecule has 1 fully saturated rings. The Kier molecular flexibility index (Phi) is 3.82. The second-order valence-corrected chi connectivity index (χ2v) is 5.39. The lowest BCUT2D eigenvalue weighted by Crippen LogP contribution is -2.37. The predicted octanol–water partition coefficient (Wildman–Crippen LogP) is 2.11. The molecule has 6 nitrogen and oxygen atoms in total. The predicted molar refractivity (Wildman–Crippen MR) is 75.2 cm³/mol. The smallest absolute Gasteiger partial charge is 0.231 e. The highest BCUT2D eigenvalue weighted by Crippen LogP contribution is 2.32. The van der Waals surface area contributed by atoms with Crippen molar-refractivity contribution in [3.63, 3.8) is 0 Å². The number of rotatable bonds is 4. The minimum atomic E-state index is 0.327. The molecular formula is C14H21N5O. The minimum absolute atomic E-state index is 0.327. The molecule has 0 bridgehead atoms. The Morgan fingerprint density at radius 3 is 3.00 bits per heavy atom. The molecule has 1 aliphatic rings. The maximum Gasteiger partial charge on any atom is 0.231 e. The first kappa shape index (κ1) is 13.3. The van der Waals surface area contributed by atoms with Crippen molar-refractivity contribution >= 4 is 0 Å². The van der Waals surface area contributed by atoms with E-state index in [9.17, 15) is 0 Å². The van der Waals surface area contributed by atoms with Crippen LogP contribution in [0, 0.1) is 0 Å². The van der Waals surface area contributed by atoms with Crippen molar-refractivity contribution in [2.75, 3.05) is 6.54 Å². The molecule has 1 saturated carbocycles. The highest BCUT2D eigenvalue weighted by molar-refractivity contribution is 5.46. The lowest BCUT2D eigenvalue weighted by atomic mass is 9.84. The van der Waals surface area contributed by atoms with E-state index in [0.717, 1.165) is 24.6 Å². The molecule has 0 amide bonds. The van der Waals surface area contributed by atoms with E-state index in [2.05, 4.69) is 27.5 Å². The number of aryl methyl sites for hydroxylation is 1. The van der Waals surface area contributed by atoms with Gasteiger partial charge in [0, 0.05) is 19.3 Å². The zero-order chi connectivity index (χ0) is 13.9. The van der Waals surface area contributed by atoms with Crippen molar-refractivity contribution < 1.29 is 4.52 Å². The zero-order valence-electron chi connectivity index (χ0n) is 12.0. The Bertz CT molecular complexity index is 559. The first-order chi connectivity index (χ1) is 9.78. The molecular weight excluding hydrogens is 254 g/mol. The fourth-order valence-electron chi connectivity index (χ4n) is 2.96. The van der Waals surface area contributed by atoms with Crippen molar-refractivity contribution in [2.45, 2.75) is 44.6 Å². The third kappa shape index (κ3) is 2.60. The first-order valence-electron chi connectivity index (χ1n) is 7.35. The van der Waals surface area contributed by atoms with E-state index in [-0.39, 0.29) is 0 Å². The van der Waals surface area contributed by atoms with Crippen LogP contribution in [0.5, 0.6) is 0 Å². The van der Waals surface area contributed by atoms with Gasteiger partial charge in [0.05, 0.1) is 5.92 Å². The third-order valence-corrected chi connectivity index (χ3v) is 3.93. The van der Waals surface area contributed by atoms with Gasteiger partial charge in [-0.1, -0.05) is 24.9 Å². The summed E-state index contributed by atoms with van der Waals surface area (Å²) in [5.74, 6) is 1.66. The molecule has 2 aromatic rings. The molecule has 1 aliphatic carbocycles. The van der Waals surface area contributed by atoms with Gasteiger partial charge >= 0.3 is 0 Å². The summed E-state index contributed by atoms with van der Waals surface area (Å²) in [5.41, 5.74) is 0.762. The molecule has 0 aromatic carbocycles. The van der Waals surface area contributed by atoms with E-state index < -0.39 is 0 Å². The van der Waals surface area contributed by atoms with Crippen molar-refractivity contribution in [2.24, 2.45) is 7.05 Å². The van der Waals surface area contributed by atoms with Crippen LogP contribution in [0.4, 0.5) is 0 Å². The van der Waals surface area contributed by atoms with Gasteiger partial charge < -0.3 is 9.84 Å². The Morgan fingerprint density at radius 2 is 2.25 bits per heavy atom. The first-order valence-corrected chi connectivity index (χ1v) is 7.35. The van der Waals surface area contributed by atoms with Crippen LogP contribution in [-0.4, -0.2) is 32.5 Å². The highest BCUT2D eigenvalue weighted by atomic mass is 16.5. The van der Waals surface area contributed by atoms with Crippen molar-refractivity contribution in [1.29, 1.82) is 0 Å². The highest BCUT2D eigenvalue weighted by Gasteiger charge is 2.30. The largest absolute Gasteiger partial charge is 0.339 e. The number of likely N-dealkylation sites (N-methyl/N-ethyl adjacent to an activating group) is 1. The van der Waals surface area contributed by atoms with E-state index in [0.29, 0.717) is 17.8 Å². The summed E-state index contributed by atoms with van der Waals surface area (Å²) < 4.78 is 7.24. The number of nitrogens with one attached hydrogen (secondary N) is 1. The SMILES string of the molecule is CCNC1CCCCC1c1nc(-c2ccn(C)n2)no1. The Hall–Kier alpha value is -1.69. The fraction of sp³-hybridized carbons (Fsp3) is 0.643. The number of hydrogen-bond donors (Lipinski definition) is 1. The van der Waals surface area contributed by atoms with Gasteiger partial charge in [-0.2, -0.15) is 10.1 Å². The van der Waals surface area contributed by atoms with Gasteiger partial charge in [-0.25, -0.2) is 0 Å². The van der Waals surface area contributed by atoms with Gasteiger partial charge in [-0.3, -0.25) is 4.68 Å².